The highest BCUT2D eigenvalue weighted by Gasteiger charge is 2.03. The zero-order valence-corrected chi connectivity index (χ0v) is 23.6. The Kier molecular flexibility index (Phi) is 23.2. The van der Waals surface area contributed by atoms with Crippen LogP contribution in [0.25, 0.3) is 0 Å². The van der Waals surface area contributed by atoms with E-state index in [0.717, 1.165) is 0 Å². The summed E-state index contributed by atoms with van der Waals surface area (Å²) in [6.07, 6.45) is 40.3. The van der Waals surface area contributed by atoms with E-state index in [1.807, 2.05) is 0 Å². The summed E-state index contributed by atoms with van der Waals surface area (Å²) in [5.74, 6) is 0. The van der Waals surface area contributed by atoms with E-state index < -0.39 is 0 Å². The molecule has 0 fully saturated rings. The van der Waals surface area contributed by atoms with Crippen molar-refractivity contribution >= 4 is 0 Å². The Labute approximate surface area is 215 Å². The number of hydrogen-bond donors (Lipinski definition) is 0. The number of hydrogen-bond acceptors (Lipinski definition) is 0. The van der Waals surface area contributed by atoms with Gasteiger partial charge in [-0.2, -0.15) is 0 Å². The average molecular weight is 473 g/mol. The van der Waals surface area contributed by atoms with E-state index >= 15 is 0 Å². The second-order valence-corrected chi connectivity index (χ2v) is 11.0. The molecule has 0 aromatic carbocycles. The number of aromatic nitrogens is 1. The second-order valence-electron chi connectivity index (χ2n) is 11.0. The lowest BCUT2D eigenvalue weighted by atomic mass is 10.0. The Morgan fingerprint density at radius 2 is 0.853 bits per heavy atom. The van der Waals surface area contributed by atoms with Gasteiger partial charge in [0, 0.05) is 18.1 Å². The first-order valence-electron chi connectivity index (χ1n) is 15.8. The summed E-state index contributed by atoms with van der Waals surface area (Å²) in [5.41, 5.74) is 1.54. The van der Waals surface area contributed by atoms with Crippen LogP contribution in [0, 0.1) is 0 Å². The molecule has 1 heterocycles. The molecule has 0 unspecified atom stereocenters. The maximum atomic E-state index is 2.44. The monoisotopic (exact) mass is 472 g/mol. The smallest absolute Gasteiger partial charge is 0.171 e. The number of unbranched alkanes of at least 4 members (excludes halogenated alkanes) is 22. The largest absolute Gasteiger partial charge is 0.205 e. The van der Waals surface area contributed by atoms with Crippen LogP contribution < -0.4 is 4.57 Å². The molecule has 0 aliphatic heterocycles. The van der Waals surface area contributed by atoms with Crippen LogP contribution in [0.1, 0.15) is 174 Å². The van der Waals surface area contributed by atoms with Gasteiger partial charge in [-0.15, -0.1) is 0 Å². The second kappa shape index (κ2) is 25.2. The van der Waals surface area contributed by atoms with Crippen molar-refractivity contribution in [1.82, 2.24) is 0 Å². The summed E-state index contributed by atoms with van der Waals surface area (Å²) in [5, 5.41) is 0. The van der Waals surface area contributed by atoms with Gasteiger partial charge in [0.15, 0.2) is 12.4 Å². The van der Waals surface area contributed by atoms with Gasteiger partial charge in [0.25, 0.3) is 0 Å². The molecule has 1 rings (SSSR count). The lowest BCUT2D eigenvalue weighted by Crippen LogP contribution is -2.33. The van der Waals surface area contributed by atoms with Crippen molar-refractivity contribution in [3.05, 3.63) is 30.1 Å². The van der Waals surface area contributed by atoms with Crippen molar-refractivity contribution in [2.24, 2.45) is 0 Å². The highest BCUT2D eigenvalue weighted by molar-refractivity contribution is 5.05. The zero-order valence-electron chi connectivity index (χ0n) is 23.6. The predicted octanol–water partition coefficient (Wildman–Crippen LogP) is 10.9. The standard InChI is InChI=1S/C33H62N/c1-3-5-7-9-11-13-15-16-17-19-21-23-25-28-33-29-27-31-34(32-33)30-26-24-22-20-18-14-12-10-8-6-4-2/h27,29,31-32H,3-26,28,30H2,1-2H3/q+1. The summed E-state index contributed by atoms with van der Waals surface area (Å²) < 4.78 is 2.44. The first-order chi connectivity index (χ1) is 16.9. The molecule has 0 aliphatic rings. The van der Waals surface area contributed by atoms with E-state index in [0.29, 0.717) is 0 Å². The van der Waals surface area contributed by atoms with Gasteiger partial charge in [0.05, 0.1) is 0 Å². The van der Waals surface area contributed by atoms with Gasteiger partial charge < -0.3 is 0 Å². The Balaban J connectivity index is 1.91. The molecular weight excluding hydrogens is 410 g/mol. The molecule has 1 aromatic heterocycles. The SMILES string of the molecule is CCCCCCCCCCCCCCCc1ccc[n+](CCCCCCCCCCCCC)c1. The highest BCUT2D eigenvalue weighted by atomic mass is 14.9. The third-order valence-electron chi connectivity index (χ3n) is 7.51. The van der Waals surface area contributed by atoms with Crippen LogP contribution in [-0.2, 0) is 13.0 Å². The van der Waals surface area contributed by atoms with Gasteiger partial charge in [-0.1, -0.05) is 149 Å². The number of aryl methyl sites for hydroxylation is 2. The Morgan fingerprint density at radius 1 is 0.471 bits per heavy atom. The van der Waals surface area contributed by atoms with Crippen molar-refractivity contribution in [3.63, 3.8) is 0 Å². The van der Waals surface area contributed by atoms with E-state index in [1.165, 1.54) is 173 Å². The normalized spacial score (nSPS) is 11.4. The van der Waals surface area contributed by atoms with E-state index in [9.17, 15) is 0 Å². The molecule has 1 aromatic rings. The molecule has 0 spiro atoms. The van der Waals surface area contributed by atoms with Gasteiger partial charge in [-0.3, -0.25) is 0 Å². The molecule has 1 heteroatoms. The number of rotatable bonds is 26. The van der Waals surface area contributed by atoms with Crippen LogP contribution >= 0.6 is 0 Å². The predicted molar refractivity (Wildman–Crippen MR) is 152 cm³/mol. The third kappa shape index (κ3) is 20.5. The van der Waals surface area contributed by atoms with Crippen molar-refractivity contribution < 1.29 is 4.57 Å². The molecule has 198 valence electrons. The molecule has 0 N–H and O–H groups in total. The fourth-order valence-electron chi connectivity index (χ4n) is 5.17. The molecule has 34 heavy (non-hydrogen) atoms. The van der Waals surface area contributed by atoms with Gasteiger partial charge in [0.1, 0.15) is 6.54 Å². The minimum atomic E-state index is 1.20. The summed E-state index contributed by atoms with van der Waals surface area (Å²) >= 11 is 0. The molecule has 0 saturated heterocycles. The van der Waals surface area contributed by atoms with Gasteiger partial charge in [0.2, 0.25) is 0 Å². The van der Waals surface area contributed by atoms with E-state index in [2.05, 4.69) is 42.9 Å². The Morgan fingerprint density at radius 3 is 1.29 bits per heavy atom. The lowest BCUT2D eigenvalue weighted by molar-refractivity contribution is -0.697. The summed E-state index contributed by atoms with van der Waals surface area (Å²) in [6.45, 7) is 5.80. The minimum Gasteiger partial charge on any atom is -0.205 e. The lowest BCUT2D eigenvalue weighted by Gasteiger charge is -2.04. The van der Waals surface area contributed by atoms with Crippen LogP contribution in [0.3, 0.4) is 0 Å². The molecule has 0 amide bonds. The summed E-state index contributed by atoms with van der Waals surface area (Å²) in [7, 11) is 0. The maximum absolute atomic E-state index is 2.44. The first kappa shape index (κ1) is 31.2. The van der Waals surface area contributed by atoms with Gasteiger partial charge >= 0.3 is 0 Å². The molecule has 0 atom stereocenters. The van der Waals surface area contributed by atoms with Gasteiger partial charge in [-0.05, 0) is 25.3 Å². The third-order valence-corrected chi connectivity index (χ3v) is 7.51. The van der Waals surface area contributed by atoms with E-state index in [1.54, 1.807) is 0 Å². The van der Waals surface area contributed by atoms with Crippen LogP contribution in [0.4, 0.5) is 0 Å². The zero-order chi connectivity index (χ0) is 24.4. The fraction of sp³-hybridized carbons (Fsp3) is 0.848. The number of pyridine rings is 1. The number of nitrogens with zero attached hydrogens (tertiary/aromatic N) is 1. The van der Waals surface area contributed by atoms with Crippen molar-refractivity contribution in [2.45, 2.75) is 181 Å². The molecule has 0 bridgehead atoms. The minimum absolute atomic E-state index is 1.20. The quantitative estimate of drug-likeness (QED) is 0.0932. The first-order valence-corrected chi connectivity index (χ1v) is 15.8. The molecule has 0 radical (unpaired) electrons. The highest BCUT2D eigenvalue weighted by Crippen LogP contribution is 2.14. The van der Waals surface area contributed by atoms with Crippen molar-refractivity contribution in [3.8, 4) is 0 Å². The maximum Gasteiger partial charge on any atom is 0.171 e. The van der Waals surface area contributed by atoms with Crippen LogP contribution in [0.5, 0.6) is 0 Å². The molecule has 0 aliphatic carbocycles. The molecule has 0 saturated carbocycles. The Hall–Kier alpha value is -0.850. The summed E-state index contributed by atoms with van der Waals surface area (Å²) in [6, 6.07) is 4.59. The van der Waals surface area contributed by atoms with Crippen LogP contribution in [0.15, 0.2) is 24.5 Å². The average Bonchev–Trinajstić information content (AvgIpc) is 2.85. The van der Waals surface area contributed by atoms with E-state index in [4.69, 9.17) is 0 Å². The van der Waals surface area contributed by atoms with Crippen molar-refractivity contribution in [1.29, 1.82) is 0 Å². The summed E-state index contributed by atoms with van der Waals surface area (Å²) in [4.78, 5) is 0. The molecular formula is C33H62N+. The molecule has 1 nitrogen and oxygen atoms in total. The van der Waals surface area contributed by atoms with Crippen molar-refractivity contribution in [2.75, 3.05) is 0 Å². The Bertz CT molecular complexity index is 523. The van der Waals surface area contributed by atoms with Crippen LogP contribution in [0.2, 0.25) is 0 Å². The van der Waals surface area contributed by atoms with Gasteiger partial charge in [-0.25, -0.2) is 4.57 Å². The van der Waals surface area contributed by atoms with E-state index in [-0.39, 0.29) is 0 Å². The topological polar surface area (TPSA) is 3.88 Å². The fourth-order valence-corrected chi connectivity index (χ4v) is 5.17. The van der Waals surface area contributed by atoms with Crippen LogP contribution in [-0.4, -0.2) is 0 Å².